The van der Waals surface area contributed by atoms with Crippen LogP contribution < -0.4 is 10.5 Å². The molecule has 4 nitrogen and oxygen atoms in total. The molecule has 0 saturated carbocycles. The number of anilines is 2. The first-order chi connectivity index (χ1) is 9.31. The Kier molecular flexibility index (Phi) is 4.06. The second kappa shape index (κ2) is 5.46. The molecule has 0 amide bonds. The minimum Gasteiger partial charge on any atom is -0.398 e. The normalized spacial score (nSPS) is 11.3. The monoisotopic (exact) mass is 354 g/mol. The van der Waals surface area contributed by atoms with E-state index in [1.54, 1.807) is 24.3 Å². The van der Waals surface area contributed by atoms with E-state index in [1.165, 1.54) is 6.07 Å². The first kappa shape index (κ1) is 14.9. The molecule has 0 bridgehead atoms. The lowest BCUT2D eigenvalue weighted by Crippen LogP contribution is -2.15. The van der Waals surface area contributed by atoms with E-state index in [1.807, 2.05) is 19.9 Å². The fraction of sp³-hybridized carbons (Fsp3) is 0.143. The van der Waals surface area contributed by atoms with Gasteiger partial charge in [-0.2, -0.15) is 0 Å². The molecule has 0 aliphatic carbocycles. The predicted molar refractivity (Wildman–Crippen MR) is 85.3 cm³/mol. The molecule has 0 radical (unpaired) electrons. The predicted octanol–water partition coefficient (Wildman–Crippen LogP) is 3.45. The van der Waals surface area contributed by atoms with Crippen LogP contribution in [0.25, 0.3) is 0 Å². The zero-order valence-corrected chi connectivity index (χ0v) is 13.5. The van der Waals surface area contributed by atoms with Crippen molar-refractivity contribution in [2.24, 2.45) is 0 Å². The van der Waals surface area contributed by atoms with E-state index in [4.69, 9.17) is 5.73 Å². The van der Waals surface area contributed by atoms with Crippen LogP contribution in [0.5, 0.6) is 0 Å². The molecule has 2 aromatic carbocycles. The molecule has 2 aromatic rings. The van der Waals surface area contributed by atoms with Gasteiger partial charge in [0.05, 0.1) is 11.4 Å². The fourth-order valence-corrected chi connectivity index (χ4v) is 3.52. The van der Waals surface area contributed by atoms with E-state index in [-0.39, 0.29) is 10.6 Å². The third kappa shape index (κ3) is 2.96. The van der Waals surface area contributed by atoms with Gasteiger partial charge in [-0.3, -0.25) is 4.72 Å². The molecule has 0 spiro atoms. The Labute approximate surface area is 127 Å². The van der Waals surface area contributed by atoms with Crippen LogP contribution in [0.2, 0.25) is 0 Å². The molecule has 3 N–H and O–H groups in total. The smallest absolute Gasteiger partial charge is 0.263 e. The Morgan fingerprint density at radius 1 is 1.15 bits per heavy atom. The van der Waals surface area contributed by atoms with E-state index in [0.717, 1.165) is 11.1 Å². The molecule has 0 fully saturated rings. The van der Waals surface area contributed by atoms with E-state index in [9.17, 15) is 8.42 Å². The highest BCUT2D eigenvalue weighted by Crippen LogP contribution is 2.29. The van der Waals surface area contributed by atoms with Crippen LogP contribution in [-0.2, 0) is 10.0 Å². The lowest BCUT2D eigenvalue weighted by atomic mass is 10.2. The zero-order chi connectivity index (χ0) is 14.9. The molecule has 0 aliphatic heterocycles. The van der Waals surface area contributed by atoms with E-state index >= 15 is 0 Å². The van der Waals surface area contributed by atoms with Crippen molar-refractivity contribution in [3.05, 3.63) is 52.0 Å². The Morgan fingerprint density at radius 2 is 1.85 bits per heavy atom. The van der Waals surface area contributed by atoms with Gasteiger partial charge in [-0.25, -0.2) is 8.42 Å². The van der Waals surface area contributed by atoms with Crippen molar-refractivity contribution in [1.29, 1.82) is 0 Å². The molecular formula is C14H15BrN2O2S. The lowest BCUT2D eigenvalue weighted by molar-refractivity contribution is 0.601. The van der Waals surface area contributed by atoms with Crippen LogP contribution in [0.4, 0.5) is 11.4 Å². The Bertz CT molecular complexity index is 758. The summed E-state index contributed by atoms with van der Waals surface area (Å²) in [6, 6.07) is 10.2. The van der Waals surface area contributed by atoms with Gasteiger partial charge >= 0.3 is 0 Å². The summed E-state index contributed by atoms with van der Waals surface area (Å²) in [7, 11) is -3.71. The number of nitrogen functional groups attached to an aromatic ring is 1. The van der Waals surface area contributed by atoms with Crippen molar-refractivity contribution in [3.8, 4) is 0 Å². The van der Waals surface area contributed by atoms with Crippen LogP contribution in [-0.4, -0.2) is 8.42 Å². The largest absolute Gasteiger partial charge is 0.398 e. The van der Waals surface area contributed by atoms with E-state index in [0.29, 0.717) is 10.2 Å². The van der Waals surface area contributed by atoms with Crippen molar-refractivity contribution in [2.75, 3.05) is 10.5 Å². The van der Waals surface area contributed by atoms with Gasteiger partial charge in [0.1, 0.15) is 4.90 Å². The highest BCUT2D eigenvalue weighted by molar-refractivity contribution is 9.10. The maximum atomic E-state index is 12.4. The molecule has 0 atom stereocenters. The molecular weight excluding hydrogens is 340 g/mol. The van der Waals surface area contributed by atoms with Crippen LogP contribution in [0.1, 0.15) is 11.1 Å². The molecule has 0 unspecified atom stereocenters. The maximum absolute atomic E-state index is 12.4. The summed E-state index contributed by atoms with van der Waals surface area (Å²) >= 11 is 3.38. The number of aryl methyl sites for hydroxylation is 2. The fourth-order valence-electron chi connectivity index (χ4n) is 1.84. The summed E-state index contributed by atoms with van der Waals surface area (Å²) in [5.41, 5.74) is 8.39. The average Bonchev–Trinajstić information content (AvgIpc) is 2.34. The van der Waals surface area contributed by atoms with Gasteiger partial charge in [0, 0.05) is 4.47 Å². The number of rotatable bonds is 3. The molecule has 6 heteroatoms. The number of nitrogens with one attached hydrogen (secondary N) is 1. The van der Waals surface area contributed by atoms with E-state index in [2.05, 4.69) is 20.7 Å². The van der Waals surface area contributed by atoms with Crippen LogP contribution in [0.15, 0.2) is 45.8 Å². The van der Waals surface area contributed by atoms with Gasteiger partial charge in [-0.05, 0) is 59.1 Å². The van der Waals surface area contributed by atoms with Gasteiger partial charge in [0.25, 0.3) is 10.0 Å². The van der Waals surface area contributed by atoms with Crippen molar-refractivity contribution in [1.82, 2.24) is 0 Å². The van der Waals surface area contributed by atoms with Gasteiger partial charge in [0.2, 0.25) is 0 Å². The van der Waals surface area contributed by atoms with Gasteiger partial charge in [-0.15, -0.1) is 0 Å². The number of halogens is 1. The first-order valence-corrected chi connectivity index (χ1v) is 8.23. The standard InChI is InChI=1S/C14H15BrN2O2S/c1-9-6-7-13(11(16)8-9)20(18,19)17-12-5-3-4-10(2)14(12)15/h3-8,17H,16H2,1-2H3. The third-order valence-electron chi connectivity index (χ3n) is 2.89. The summed E-state index contributed by atoms with van der Waals surface area (Å²) < 4.78 is 28.0. The first-order valence-electron chi connectivity index (χ1n) is 5.95. The number of sulfonamides is 1. The Hall–Kier alpha value is -1.53. The quantitative estimate of drug-likeness (QED) is 0.829. The number of benzene rings is 2. The van der Waals surface area contributed by atoms with Crippen molar-refractivity contribution in [2.45, 2.75) is 18.7 Å². The van der Waals surface area contributed by atoms with Crippen molar-refractivity contribution >= 4 is 37.3 Å². The SMILES string of the molecule is Cc1ccc(S(=O)(=O)Nc2cccc(C)c2Br)c(N)c1. The van der Waals surface area contributed by atoms with E-state index < -0.39 is 10.0 Å². The van der Waals surface area contributed by atoms with Gasteiger partial charge in [-0.1, -0.05) is 18.2 Å². The minimum atomic E-state index is -3.71. The zero-order valence-electron chi connectivity index (χ0n) is 11.1. The van der Waals surface area contributed by atoms with Crippen molar-refractivity contribution in [3.63, 3.8) is 0 Å². The highest BCUT2D eigenvalue weighted by atomic mass is 79.9. The second-order valence-electron chi connectivity index (χ2n) is 4.58. The summed E-state index contributed by atoms with van der Waals surface area (Å²) in [6.45, 7) is 3.75. The van der Waals surface area contributed by atoms with Crippen LogP contribution in [0, 0.1) is 13.8 Å². The lowest BCUT2D eigenvalue weighted by Gasteiger charge is -2.13. The minimum absolute atomic E-state index is 0.0801. The van der Waals surface area contributed by atoms with Crippen molar-refractivity contribution < 1.29 is 8.42 Å². The molecule has 20 heavy (non-hydrogen) atoms. The summed E-state index contributed by atoms with van der Waals surface area (Å²) in [4.78, 5) is 0.0801. The van der Waals surface area contributed by atoms with Gasteiger partial charge in [0.15, 0.2) is 0 Å². The number of hydrogen-bond acceptors (Lipinski definition) is 3. The maximum Gasteiger partial charge on any atom is 0.263 e. The Balaban J connectivity index is 2.44. The molecule has 0 heterocycles. The topological polar surface area (TPSA) is 72.2 Å². The highest BCUT2D eigenvalue weighted by Gasteiger charge is 2.18. The second-order valence-corrected chi connectivity index (χ2v) is 7.03. The van der Waals surface area contributed by atoms with Crippen LogP contribution >= 0.6 is 15.9 Å². The molecule has 0 saturated heterocycles. The van der Waals surface area contributed by atoms with Gasteiger partial charge < -0.3 is 5.73 Å². The molecule has 2 rings (SSSR count). The number of nitrogens with two attached hydrogens (primary N) is 1. The summed E-state index contributed by atoms with van der Waals surface area (Å²) in [6.07, 6.45) is 0. The number of hydrogen-bond donors (Lipinski definition) is 2. The summed E-state index contributed by atoms with van der Waals surface area (Å²) in [5.74, 6) is 0. The average molecular weight is 355 g/mol. The Morgan fingerprint density at radius 3 is 2.50 bits per heavy atom. The molecule has 106 valence electrons. The molecule has 0 aliphatic rings. The summed E-state index contributed by atoms with van der Waals surface area (Å²) in [5, 5.41) is 0. The third-order valence-corrected chi connectivity index (χ3v) is 5.38. The molecule has 0 aromatic heterocycles. The van der Waals surface area contributed by atoms with Crippen LogP contribution in [0.3, 0.4) is 0 Å².